The van der Waals surface area contributed by atoms with Gasteiger partial charge in [0.15, 0.2) is 11.5 Å². The lowest BCUT2D eigenvalue weighted by molar-refractivity contribution is 0.0953. The first-order valence-corrected chi connectivity index (χ1v) is 8.77. The molecule has 0 fully saturated rings. The van der Waals surface area contributed by atoms with E-state index in [0.717, 1.165) is 0 Å². The number of H-pyrrole nitrogens is 1. The number of hydrogen-bond donors (Lipinski definition) is 2. The lowest BCUT2D eigenvalue weighted by Gasteiger charge is -2.02. The van der Waals surface area contributed by atoms with Gasteiger partial charge in [0.1, 0.15) is 23.9 Å². The molecular weight excluding hydrogens is 377 g/mol. The van der Waals surface area contributed by atoms with E-state index in [-0.39, 0.29) is 31.7 Å². The highest BCUT2D eigenvalue weighted by molar-refractivity contribution is 5.93. The Morgan fingerprint density at radius 1 is 1.14 bits per heavy atom. The number of halogens is 1. The molecule has 0 unspecified atom stereocenters. The third-order valence-electron chi connectivity index (χ3n) is 4.08. The summed E-state index contributed by atoms with van der Waals surface area (Å²) >= 11 is 0. The first-order valence-electron chi connectivity index (χ1n) is 8.77. The molecule has 0 saturated carbocycles. The van der Waals surface area contributed by atoms with Gasteiger partial charge in [0.2, 0.25) is 6.79 Å². The van der Waals surface area contributed by atoms with Crippen LogP contribution in [0.25, 0.3) is 11.3 Å². The lowest BCUT2D eigenvalue weighted by Crippen LogP contribution is -2.24. The highest BCUT2D eigenvalue weighted by Gasteiger charge is 2.13. The van der Waals surface area contributed by atoms with Gasteiger partial charge in [0.25, 0.3) is 5.91 Å². The van der Waals surface area contributed by atoms with Crippen molar-refractivity contribution in [2.45, 2.75) is 0 Å². The van der Waals surface area contributed by atoms with Crippen molar-refractivity contribution in [3.63, 3.8) is 0 Å². The second-order valence-corrected chi connectivity index (χ2v) is 6.01. The van der Waals surface area contributed by atoms with Gasteiger partial charge in [-0.05, 0) is 42.5 Å². The number of nitrogens with zero attached hydrogens (tertiary/aromatic N) is 1. The summed E-state index contributed by atoms with van der Waals surface area (Å²) in [6.45, 7) is 0.544. The third kappa shape index (κ3) is 4.47. The van der Waals surface area contributed by atoms with E-state index in [9.17, 15) is 9.18 Å². The fourth-order valence-electron chi connectivity index (χ4n) is 2.63. The van der Waals surface area contributed by atoms with E-state index in [1.54, 1.807) is 36.4 Å². The number of carbonyl (C=O) groups is 1. The Bertz CT molecular complexity index is 1080. The van der Waals surface area contributed by atoms with Crippen molar-refractivity contribution in [2.75, 3.05) is 19.9 Å². The lowest BCUT2D eigenvalue weighted by atomic mass is 10.1. The van der Waals surface area contributed by atoms with Crippen molar-refractivity contribution in [3.05, 3.63) is 60.0 Å². The molecule has 0 radical (unpaired) electrons. The van der Waals surface area contributed by atoms with Gasteiger partial charge in [-0.25, -0.2) is 4.39 Å². The normalized spacial score (nSPS) is 11.5. The SMILES string of the molecule is O=C(NCC#CCOc1ccc2c(c1)OCO2)c1cc(-c2ccc(F)cc2)n[nH]1. The Kier molecular flexibility index (Phi) is 5.29. The van der Waals surface area contributed by atoms with Crippen LogP contribution in [0.5, 0.6) is 17.2 Å². The number of aromatic nitrogens is 2. The highest BCUT2D eigenvalue weighted by atomic mass is 19.1. The van der Waals surface area contributed by atoms with E-state index < -0.39 is 0 Å². The van der Waals surface area contributed by atoms with Crippen LogP contribution >= 0.6 is 0 Å². The second-order valence-electron chi connectivity index (χ2n) is 6.01. The van der Waals surface area contributed by atoms with Crippen LogP contribution in [0.1, 0.15) is 10.5 Å². The molecule has 1 amide bonds. The Labute approximate surface area is 165 Å². The van der Waals surface area contributed by atoms with Crippen LogP contribution in [0, 0.1) is 17.7 Å². The molecule has 3 aromatic rings. The third-order valence-corrected chi connectivity index (χ3v) is 4.08. The maximum absolute atomic E-state index is 13.0. The van der Waals surface area contributed by atoms with Crippen molar-refractivity contribution >= 4 is 5.91 Å². The number of carbonyl (C=O) groups excluding carboxylic acids is 1. The summed E-state index contributed by atoms with van der Waals surface area (Å²) in [5.41, 5.74) is 1.56. The molecule has 4 rings (SSSR count). The van der Waals surface area contributed by atoms with Crippen molar-refractivity contribution < 1.29 is 23.4 Å². The van der Waals surface area contributed by atoms with Crippen molar-refractivity contribution in [2.24, 2.45) is 0 Å². The fraction of sp³-hybridized carbons (Fsp3) is 0.143. The molecule has 146 valence electrons. The van der Waals surface area contributed by atoms with Crippen LogP contribution < -0.4 is 19.5 Å². The number of rotatable bonds is 5. The highest BCUT2D eigenvalue weighted by Crippen LogP contribution is 2.34. The Hall–Kier alpha value is -3.99. The average molecular weight is 393 g/mol. The van der Waals surface area contributed by atoms with Crippen molar-refractivity contribution in [1.82, 2.24) is 15.5 Å². The molecule has 0 aliphatic carbocycles. The second kappa shape index (κ2) is 8.35. The summed E-state index contributed by atoms with van der Waals surface area (Å²) in [5, 5.41) is 9.40. The van der Waals surface area contributed by atoms with E-state index in [1.807, 2.05) is 0 Å². The first-order chi connectivity index (χ1) is 14.2. The van der Waals surface area contributed by atoms with Crippen LogP contribution in [0.3, 0.4) is 0 Å². The largest absolute Gasteiger partial charge is 0.481 e. The molecule has 29 heavy (non-hydrogen) atoms. The molecule has 7 nitrogen and oxygen atoms in total. The van der Waals surface area contributed by atoms with Gasteiger partial charge in [-0.1, -0.05) is 11.8 Å². The summed E-state index contributed by atoms with van der Waals surface area (Å²) < 4.78 is 29.0. The van der Waals surface area contributed by atoms with Gasteiger partial charge in [-0.15, -0.1) is 0 Å². The molecule has 1 aliphatic rings. The number of aromatic amines is 1. The fourth-order valence-corrected chi connectivity index (χ4v) is 2.63. The monoisotopic (exact) mass is 393 g/mol. The quantitative estimate of drug-likeness (QED) is 0.651. The zero-order chi connectivity index (χ0) is 20.1. The Morgan fingerprint density at radius 3 is 2.83 bits per heavy atom. The van der Waals surface area contributed by atoms with Gasteiger partial charge in [-0.3, -0.25) is 9.89 Å². The van der Waals surface area contributed by atoms with Gasteiger partial charge in [0, 0.05) is 11.6 Å². The van der Waals surface area contributed by atoms with E-state index >= 15 is 0 Å². The van der Waals surface area contributed by atoms with E-state index in [1.165, 1.54) is 12.1 Å². The van der Waals surface area contributed by atoms with Gasteiger partial charge in [0.05, 0.1) is 12.2 Å². The zero-order valence-electron chi connectivity index (χ0n) is 15.2. The van der Waals surface area contributed by atoms with Gasteiger partial charge < -0.3 is 19.5 Å². The molecule has 0 saturated heterocycles. The predicted molar refractivity (Wildman–Crippen MR) is 102 cm³/mol. The van der Waals surface area contributed by atoms with Crippen LogP contribution in [0.15, 0.2) is 48.5 Å². The minimum absolute atomic E-state index is 0.161. The molecule has 0 atom stereocenters. The summed E-state index contributed by atoms with van der Waals surface area (Å²) in [7, 11) is 0. The number of ether oxygens (including phenoxy) is 3. The zero-order valence-corrected chi connectivity index (χ0v) is 15.2. The molecule has 2 aromatic carbocycles. The van der Waals surface area contributed by atoms with E-state index in [4.69, 9.17) is 14.2 Å². The van der Waals surface area contributed by atoms with E-state index in [0.29, 0.717) is 34.2 Å². The molecule has 2 N–H and O–H groups in total. The number of benzene rings is 2. The minimum atomic E-state index is -0.336. The Balaban J connectivity index is 1.24. The Morgan fingerprint density at radius 2 is 1.97 bits per heavy atom. The average Bonchev–Trinajstić information content (AvgIpc) is 3.40. The summed E-state index contributed by atoms with van der Waals surface area (Å²) in [5.74, 6) is 6.92. The number of hydrogen-bond acceptors (Lipinski definition) is 5. The molecule has 0 bridgehead atoms. The molecule has 8 heteroatoms. The maximum atomic E-state index is 13.0. The van der Waals surface area contributed by atoms with Crippen LogP contribution in [0.4, 0.5) is 4.39 Å². The van der Waals surface area contributed by atoms with Crippen LogP contribution in [0.2, 0.25) is 0 Å². The molecular formula is C21H16FN3O4. The van der Waals surface area contributed by atoms with Gasteiger partial charge >= 0.3 is 0 Å². The number of fused-ring (bicyclic) bond motifs is 1. The maximum Gasteiger partial charge on any atom is 0.270 e. The van der Waals surface area contributed by atoms with E-state index in [2.05, 4.69) is 27.4 Å². The summed E-state index contributed by atoms with van der Waals surface area (Å²) in [4.78, 5) is 12.1. The predicted octanol–water partition coefficient (Wildman–Crippen LogP) is 2.76. The van der Waals surface area contributed by atoms with Crippen LogP contribution in [-0.2, 0) is 0 Å². The van der Waals surface area contributed by atoms with Crippen LogP contribution in [-0.4, -0.2) is 36.0 Å². The number of amides is 1. The minimum Gasteiger partial charge on any atom is -0.481 e. The topological polar surface area (TPSA) is 85.5 Å². The first kappa shape index (κ1) is 18.4. The molecule has 1 aromatic heterocycles. The molecule has 0 spiro atoms. The van der Waals surface area contributed by atoms with Crippen molar-refractivity contribution in [1.29, 1.82) is 0 Å². The summed E-state index contributed by atoms with van der Waals surface area (Å²) in [6, 6.07) is 12.7. The number of nitrogens with one attached hydrogen (secondary N) is 2. The molecule has 1 aliphatic heterocycles. The van der Waals surface area contributed by atoms with Crippen molar-refractivity contribution in [3.8, 4) is 40.3 Å². The molecule has 2 heterocycles. The summed E-state index contributed by atoms with van der Waals surface area (Å²) in [6.07, 6.45) is 0. The standard InChI is InChI=1S/C21H16FN3O4/c22-15-5-3-14(4-6-15)17-12-18(25-24-17)21(26)23-9-1-2-10-27-16-7-8-19-20(11-16)29-13-28-19/h3-8,11-12H,9-10,13H2,(H,23,26)(H,24,25). The smallest absolute Gasteiger partial charge is 0.270 e. The van der Waals surface area contributed by atoms with Gasteiger partial charge in [-0.2, -0.15) is 5.10 Å².